The van der Waals surface area contributed by atoms with E-state index in [-0.39, 0.29) is 0 Å². The summed E-state index contributed by atoms with van der Waals surface area (Å²) >= 11 is 1.80. The number of hydrogen-bond donors (Lipinski definition) is 2. The lowest BCUT2D eigenvalue weighted by molar-refractivity contribution is 0.728. The van der Waals surface area contributed by atoms with Crippen LogP contribution in [0, 0.1) is 6.92 Å². The van der Waals surface area contributed by atoms with Crippen LogP contribution >= 0.6 is 11.3 Å². The van der Waals surface area contributed by atoms with Gasteiger partial charge in [0.25, 0.3) is 0 Å². The number of nitrogens with one attached hydrogen (secondary N) is 2. The summed E-state index contributed by atoms with van der Waals surface area (Å²) in [5, 5.41) is 6.54. The molecule has 2 heterocycles. The minimum Gasteiger partial charge on any atom is -0.352 e. The molecule has 0 spiro atoms. The van der Waals surface area contributed by atoms with Gasteiger partial charge in [-0.3, -0.25) is 4.99 Å². The van der Waals surface area contributed by atoms with E-state index in [0.717, 1.165) is 18.3 Å². The molecule has 0 fully saturated rings. The number of nitrogens with zero attached hydrogens (tertiary/aromatic N) is 3. The highest BCUT2D eigenvalue weighted by atomic mass is 32.1. The second-order valence-corrected chi connectivity index (χ2v) is 5.62. The van der Waals surface area contributed by atoms with Crippen LogP contribution in [0.5, 0.6) is 0 Å². The number of aryl methyl sites for hydroxylation is 2. The molecule has 0 saturated heterocycles. The molecule has 102 valence electrons. The van der Waals surface area contributed by atoms with Crippen molar-refractivity contribution in [2.24, 2.45) is 12.0 Å². The fraction of sp³-hybridized carbons (Fsp3) is 0.385. The first-order valence-electron chi connectivity index (χ1n) is 6.15. The molecule has 19 heavy (non-hydrogen) atoms. The molecule has 0 atom stereocenters. The van der Waals surface area contributed by atoms with Crippen molar-refractivity contribution >= 4 is 17.3 Å². The molecule has 0 aliphatic heterocycles. The average molecular weight is 277 g/mol. The van der Waals surface area contributed by atoms with Crippen molar-refractivity contribution in [3.8, 4) is 0 Å². The fourth-order valence-corrected chi connectivity index (χ4v) is 2.53. The van der Waals surface area contributed by atoms with Crippen molar-refractivity contribution in [3.05, 3.63) is 40.1 Å². The van der Waals surface area contributed by atoms with Gasteiger partial charge >= 0.3 is 0 Å². The van der Waals surface area contributed by atoms with E-state index < -0.39 is 0 Å². The molecule has 2 aromatic heterocycles. The molecular formula is C13H19N5S. The van der Waals surface area contributed by atoms with Crippen LogP contribution in [0.15, 0.2) is 29.5 Å². The summed E-state index contributed by atoms with van der Waals surface area (Å²) in [6, 6.07) is 4.27. The smallest absolute Gasteiger partial charge is 0.191 e. The Kier molecular flexibility index (Phi) is 4.57. The maximum Gasteiger partial charge on any atom is 0.191 e. The quantitative estimate of drug-likeness (QED) is 0.660. The molecule has 2 rings (SSSR count). The van der Waals surface area contributed by atoms with Gasteiger partial charge in [0, 0.05) is 36.2 Å². The lowest BCUT2D eigenvalue weighted by Crippen LogP contribution is -2.36. The summed E-state index contributed by atoms with van der Waals surface area (Å²) in [7, 11) is 3.75. The van der Waals surface area contributed by atoms with Crippen LogP contribution in [0.2, 0.25) is 0 Å². The molecule has 0 aliphatic carbocycles. The molecule has 0 radical (unpaired) electrons. The number of thiophene rings is 1. The summed E-state index contributed by atoms with van der Waals surface area (Å²) < 4.78 is 1.99. The van der Waals surface area contributed by atoms with Gasteiger partial charge in [0.05, 0.1) is 13.1 Å². The van der Waals surface area contributed by atoms with Gasteiger partial charge in [-0.1, -0.05) is 0 Å². The van der Waals surface area contributed by atoms with Gasteiger partial charge in [-0.15, -0.1) is 11.3 Å². The molecular weight excluding hydrogens is 258 g/mol. The van der Waals surface area contributed by atoms with Gasteiger partial charge < -0.3 is 15.2 Å². The maximum atomic E-state index is 4.26. The summed E-state index contributed by atoms with van der Waals surface area (Å²) in [6.45, 7) is 3.56. The highest BCUT2D eigenvalue weighted by Crippen LogP contribution is 2.14. The van der Waals surface area contributed by atoms with E-state index in [1.54, 1.807) is 24.6 Å². The second kappa shape index (κ2) is 6.38. The molecule has 2 N–H and O–H groups in total. The zero-order chi connectivity index (χ0) is 13.7. The third-order valence-electron chi connectivity index (χ3n) is 2.78. The van der Waals surface area contributed by atoms with Gasteiger partial charge in [0.15, 0.2) is 5.96 Å². The number of aliphatic imine (C=N–C) groups is 1. The standard InChI is InChI=1S/C13H19N5S/c1-10-4-5-11(19-10)8-16-13(14-2)17-9-12-15-6-7-18(12)3/h4-7H,8-9H2,1-3H3,(H2,14,16,17). The zero-order valence-electron chi connectivity index (χ0n) is 11.5. The fourth-order valence-electron chi connectivity index (χ4n) is 1.70. The van der Waals surface area contributed by atoms with E-state index >= 15 is 0 Å². The first kappa shape index (κ1) is 13.6. The molecule has 0 aliphatic rings. The summed E-state index contributed by atoms with van der Waals surface area (Å²) in [5.74, 6) is 1.77. The van der Waals surface area contributed by atoms with Crippen LogP contribution in [-0.4, -0.2) is 22.6 Å². The highest BCUT2D eigenvalue weighted by molar-refractivity contribution is 7.11. The molecule has 0 saturated carbocycles. The van der Waals surface area contributed by atoms with Crippen LogP contribution in [0.3, 0.4) is 0 Å². The number of hydrogen-bond acceptors (Lipinski definition) is 3. The largest absolute Gasteiger partial charge is 0.352 e. The Balaban J connectivity index is 1.82. The zero-order valence-corrected chi connectivity index (χ0v) is 12.3. The molecule has 5 nitrogen and oxygen atoms in total. The number of aromatic nitrogens is 2. The van der Waals surface area contributed by atoms with Crippen molar-refractivity contribution < 1.29 is 0 Å². The first-order valence-corrected chi connectivity index (χ1v) is 6.96. The van der Waals surface area contributed by atoms with Crippen molar-refractivity contribution in [1.82, 2.24) is 20.2 Å². The predicted molar refractivity (Wildman–Crippen MR) is 79.3 cm³/mol. The van der Waals surface area contributed by atoms with Crippen LogP contribution < -0.4 is 10.6 Å². The van der Waals surface area contributed by atoms with Crippen LogP contribution in [0.1, 0.15) is 15.6 Å². The van der Waals surface area contributed by atoms with Gasteiger partial charge in [0.2, 0.25) is 0 Å². The summed E-state index contributed by atoms with van der Waals surface area (Å²) in [5.41, 5.74) is 0. The van der Waals surface area contributed by atoms with E-state index in [0.29, 0.717) is 6.54 Å². The normalized spacial score (nSPS) is 11.6. The average Bonchev–Trinajstić information content (AvgIpc) is 2.99. The number of rotatable bonds is 4. The van der Waals surface area contributed by atoms with Gasteiger partial charge in [-0.05, 0) is 19.1 Å². The van der Waals surface area contributed by atoms with Crippen LogP contribution in [-0.2, 0) is 20.1 Å². The molecule has 2 aromatic rings. The molecule has 6 heteroatoms. The molecule has 0 aromatic carbocycles. The summed E-state index contributed by atoms with van der Waals surface area (Å²) in [6.07, 6.45) is 3.73. The van der Waals surface area contributed by atoms with E-state index in [2.05, 4.69) is 39.7 Å². The van der Waals surface area contributed by atoms with Gasteiger partial charge in [0.1, 0.15) is 5.82 Å². The van der Waals surface area contributed by atoms with E-state index in [1.165, 1.54) is 9.75 Å². The van der Waals surface area contributed by atoms with Crippen molar-refractivity contribution in [2.75, 3.05) is 7.05 Å². The Morgan fingerprint density at radius 3 is 2.74 bits per heavy atom. The Hall–Kier alpha value is -1.82. The third kappa shape index (κ3) is 3.82. The lowest BCUT2D eigenvalue weighted by atomic mass is 10.4. The monoisotopic (exact) mass is 277 g/mol. The minimum absolute atomic E-state index is 0.659. The lowest BCUT2D eigenvalue weighted by Gasteiger charge is -2.11. The summed E-state index contributed by atoms with van der Waals surface area (Å²) in [4.78, 5) is 11.1. The Labute approximate surface area is 117 Å². The second-order valence-electron chi connectivity index (χ2n) is 4.25. The maximum absolute atomic E-state index is 4.26. The number of imidazole rings is 1. The third-order valence-corrected chi connectivity index (χ3v) is 3.79. The van der Waals surface area contributed by atoms with Crippen LogP contribution in [0.25, 0.3) is 0 Å². The molecule has 0 bridgehead atoms. The van der Waals surface area contributed by atoms with E-state index in [1.807, 2.05) is 17.8 Å². The number of guanidine groups is 1. The highest BCUT2D eigenvalue weighted by Gasteiger charge is 2.02. The minimum atomic E-state index is 0.659. The Morgan fingerprint density at radius 1 is 1.37 bits per heavy atom. The van der Waals surface area contributed by atoms with Gasteiger partial charge in [-0.25, -0.2) is 4.98 Å². The molecule has 0 unspecified atom stereocenters. The SMILES string of the molecule is CN=C(NCc1ccc(C)s1)NCc1nccn1C. The molecule has 0 amide bonds. The van der Waals surface area contributed by atoms with E-state index in [4.69, 9.17) is 0 Å². The Morgan fingerprint density at radius 2 is 2.16 bits per heavy atom. The van der Waals surface area contributed by atoms with Crippen molar-refractivity contribution in [2.45, 2.75) is 20.0 Å². The topological polar surface area (TPSA) is 54.2 Å². The van der Waals surface area contributed by atoms with Crippen molar-refractivity contribution in [1.29, 1.82) is 0 Å². The predicted octanol–water partition coefficient (Wildman–Crippen LogP) is 1.66. The van der Waals surface area contributed by atoms with Gasteiger partial charge in [-0.2, -0.15) is 0 Å². The first-order chi connectivity index (χ1) is 9.19. The van der Waals surface area contributed by atoms with Crippen molar-refractivity contribution in [3.63, 3.8) is 0 Å². The Bertz CT molecular complexity index is 555. The van der Waals surface area contributed by atoms with E-state index in [9.17, 15) is 0 Å². The van der Waals surface area contributed by atoms with Crippen LogP contribution in [0.4, 0.5) is 0 Å².